The van der Waals surface area contributed by atoms with Crippen LogP contribution in [0.15, 0.2) is 23.1 Å². The number of benzene rings is 1. The normalized spacial score (nSPS) is 20.0. The van der Waals surface area contributed by atoms with Gasteiger partial charge in [0.05, 0.1) is 4.90 Å². The number of hydrogen-bond donors (Lipinski definition) is 0. The Kier molecular flexibility index (Phi) is 6.55. The maximum atomic E-state index is 13.1. The highest BCUT2D eigenvalue weighted by Crippen LogP contribution is 2.25. The molecule has 0 spiro atoms. The van der Waals surface area contributed by atoms with Gasteiger partial charge in [-0.05, 0) is 50.4 Å². The molecule has 3 rings (SSSR count). The van der Waals surface area contributed by atoms with Crippen molar-refractivity contribution in [1.82, 2.24) is 14.1 Å². The smallest absolute Gasteiger partial charge is 0.253 e. The molecule has 27 heavy (non-hydrogen) atoms. The summed E-state index contributed by atoms with van der Waals surface area (Å²) in [6.45, 7) is 9.31. The minimum Gasteiger partial charge on any atom is -0.336 e. The van der Waals surface area contributed by atoms with Crippen molar-refractivity contribution in [3.63, 3.8) is 0 Å². The highest BCUT2D eigenvalue weighted by atomic mass is 32.2. The van der Waals surface area contributed by atoms with Crippen LogP contribution in [0.2, 0.25) is 0 Å². The van der Waals surface area contributed by atoms with E-state index in [0.29, 0.717) is 37.3 Å². The monoisotopic (exact) mass is 393 g/mol. The van der Waals surface area contributed by atoms with E-state index in [0.717, 1.165) is 45.3 Å². The highest BCUT2D eigenvalue weighted by molar-refractivity contribution is 7.89. The summed E-state index contributed by atoms with van der Waals surface area (Å²) in [7, 11) is -3.54. The van der Waals surface area contributed by atoms with Gasteiger partial charge >= 0.3 is 0 Å². The van der Waals surface area contributed by atoms with Crippen LogP contribution in [0.4, 0.5) is 0 Å². The molecule has 1 aromatic rings. The van der Waals surface area contributed by atoms with Crippen molar-refractivity contribution in [3.05, 3.63) is 29.3 Å². The number of nitrogens with zero attached hydrogens (tertiary/aromatic N) is 3. The Morgan fingerprint density at radius 3 is 2.30 bits per heavy atom. The molecule has 0 radical (unpaired) electrons. The average Bonchev–Trinajstić information content (AvgIpc) is 2.69. The molecule has 150 valence electrons. The Labute approximate surface area is 163 Å². The van der Waals surface area contributed by atoms with Gasteiger partial charge in [-0.3, -0.25) is 9.69 Å². The predicted molar refractivity (Wildman–Crippen MR) is 106 cm³/mol. The lowest BCUT2D eigenvalue weighted by Crippen LogP contribution is -2.48. The van der Waals surface area contributed by atoms with Gasteiger partial charge < -0.3 is 4.90 Å². The first-order valence-corrected chi connectivity index (χ1v) is 11.5. The molecule has 1 amide bonds. The van der Waals surface area contributed by atoms with Crippen LogP contribution in [0.25, 0.3) is 0 Å². The van der Waals surface area contributed by atoms with Crippen molar-refractivity contribution in [2.45, 2.75) is 44.4 Å². The van der Waals surface area contributed by atoms with E-state index < -0.39 is 10.0 Å². The van der Waals surface area contributed by atoms with Gasteiger partial charge in [0.25, 0.3) is 5.91 Å². The zero-order valence-electron chi connectivity index (χ0n) is 16.5. The van der Waals surface area contributed by atoms with Gasteiger partial charge in [0, 0.05) is 44.8 Å². The fraction of sp³-hybridized carbons (Fsp3) is 0.650. The van der Waals surface area contributed by atoms with Crippen molar-refractivity contribution in [2.75, 3.05) is 45.8 Å². The molecule has 6 nitrogen and oxygen atoms in total. The average molecular weight is 394 g/mol. The molecule has 2 heterocycles. The molecular formula is C20H31N3O3S. The van der Waals surface area contributed by atoms with E-state index >= 15 is 0 Å². The van der Waals surface area contributed by atoms with Crippen LogP contribution >= 0.6 is 0 Å². The summed E-state index contributed by atoms with van der Waals surface area (Å²) in [6, 6.07) is 5.10. The molecule has 0 saturated carbocycles. The third kappa shape index (κ3) is 4.52. The third-order valence-corrected chi connectivity index (χ3v) is 7.61. The maximum absolute atomic E-state index is 13.1. The Balaban J connectivity index is 1.78. The van der Waals surface area contributed by atoms with E-state index in [1.54, 1.807) is 29.4 Å². The van der Waals surface area contributed by atoms with Crippen LogP contribution in [0.3, 0.4) is 0 Å². The van der Waals surface area contributed by atoms with Crippen molar-refractivity contribution in [3.8, 4) is 0 Å². The van der Waals surface area contributed by atoms with Gasteiger partial charge in [-0.15, -0.1) is 0 Å². The number of carbonyl (C=O) groups is 1. The molecule has 0 aromatic heterocycles. The number of piperidine rings is 1. The van der Waals surface area contributed by atoms with Crippen LogP contribution in [0, 0.1) is 6.92 Å². The number of sulfonamides is 1. The molecule has 0 N–H and O–H groups in total. The van der Waals surface area contributed by atoms with Crippen LogP contribution in [0.1, 0.15) is 48.5 Å². The number of rotatable bonds is 5. The second-order valence-corrected chi connectivity index (χ2v) is 9.49. The molecule has 2 aliphatic rings. The van der Waals surface area contributed by atoms with E-state index in [2.05, 4.69) is 11.8 Å². The van der Waals surface area contributed by atoms with Crippen molar-refractivity contribution in [2.24, 2.45) is 0 Å². The lowest BCUT2D eigenvalue weighted by atomic mass is 10.1. The Hall–Kier alpha value is -1.44. The molecule has 2 saturated heterocycles. The summed E-state index contributed by atoms with van der Waals surface area (Å²) in [5.74, 6) is -0.0683. The number of carbonyl (C=O) groups excluding carboxylic acids is 1. The van der Waals surface area contributed by atoms with Crippen LogP contribution in [-0.4, -0.2) is 74.2 Å². The summed E-state index contributed by atoms with van der Waals surface area (Å²) >= 11 is 0. The molecule has 0 atom stereocenters. The second kappa shape index (κ2) is 8.71. The van der Waals surface area contributed by atoms with Crippen LogP contribution in [-0.2, 0) is 10.0 Å². The summed E-state index contributed by atoms with van der Waals surface area (Å²) in [6.07, 6.45) is 4.00. The van der Waals surface area contributed by atoms with Crippen LogP contribution in [0.5, 0.6) is 0 Å². The zero-order valence-corrected chi connectivity index (χ0v) is 17.3. The first-order valence-electron chi connectivity index (χ1n) is 10.1. The fourth-order valence-electron chi connectivity index (χ4n) is 3.93. The summed E-state index contributed by atoms with van der Waals surface area (Å²) in [5.41, 5.74) is 1.17. The van der Waals surface area contributed by atoms with E-state index in [9.17, 15) is 13.2 Å². The first kappa shape index (κ1) is 20.3. The Bertz CT molecular complexity index is 765. The fourth-order valence-corrected chi connectivity index (χ4v) is 5.70. The zero-order chi connectivity index (χ0) is 19.4. The molecular weight excluding hydrogens is 362 g/mol. The van der Waals surface area contributed by atoms with E-state index in [4.69, 9.17) is 0 Å². The number of hydrogen-bond acceptors (Lipinski definition) is 4. The van der Waals surface area contributed by atoms with E-state index in [1.807, 2.05) is 4.90 Å². The van der Waals surface area contributed by atoms with Gasteiger partial charge in [-0.25, -0.2) is 8.42 Å². The van der Waals surface area contributed by atoms with Gasteiger partial charge in [-0.2, -0.15) is 4.31 Å². The number of amides is 1. The highest BCUT2D eigenvalue weighted by Gasteiger charge is 2.29. The van der Waals surface area contributed by atoms with Crippen molar-refractivity contribution < 1.29 is 13.2 Å². The molecule has 0 unspecified atom stereocenters. The minimum atomic E-state index is -3.54. The van der Waals surface area contributed by atoms with Gasteiger partial charge in [-0.1, -0.05) is 19.4 Å². The molecule has 2 aliphatic heterocycles. The molecule has 7 heteroatoms. The van der Waals surface area contributed by atoms with E-state index in [1.165, 1.54) is 0 Å². The minimum absolute atomic E-state index is 0.0683. The summed E-state index contributed by atoms with van der Waals surface area (Å²) < 4.78 is 27.7. The first-order chi connectivity index (χ1) is 12.9. The van der Waals surface area contributed by atoms with Gasteiger partial charge in [0.2, 0.25) is 10.0 Å². The Morgan fingerprint density at radius 1 is 1.00 bits per heavy atom. The lowest BCUT2D eigenvalue weighted by Gasteiger charge is -2.34. The van der Waals surface area contributed by atoms with Crippen molar-refractivity contribution in [1.29, 1.82) is 0 Å². The van der Waals surface area contributed by atoms with Crippen LogP contribution < -0.4 is 0 Å². The molecule has 0 bridgehead atoms. The number of aryl methyl sites for hydroxylation is 1. The quantitative estimate of drug-likeness (QED) is 0.770. The second-order valence-electron chi connectivity index (χ2n) is 7.58. The molecule has 0 aliphatic carbocycles. The standard InChI is InChI=1S/C20H31N3O3S/c1-3-9-21-12-14-22(15-13-21)20(24)18-8-7-17(2)19(16-18)27(25,26)23-10-5-4-6-11-23/h7-8,16H,3-6,9-15H2,1-2H3. The summed E-state index contributed by atoms with van der Waals surface area (Å²) in [4.78, 5) is 17.4. The predicted octanol–water partition coefficient (Wildman–Crippen LogP) is 2.34. The summed E-state index contributed by atoms with van der Waals surface area (Å²) in [5, 5.41) is 0. The SMILES string of the molecule is CCCN1CCN(C(=O)c2ccc(C)c(S(=O)(=O)N3CCCCC3)c2)CC1. The van der Waals surface area contributed by atoms with Gasteiger partial charge in [0.1, 0.15) is 0 Å². The topological polar surface area (TPSA) is 60.9 Å². The Morgan fingerprint density at radius 2 is 1.67 bits per heavy atom. The molecule has 1 aromatic carbocycles. The largest absolute Gasteiger partial charge is 0.336 e. The lowest BCUT2D eigenvalue weighted by molar-refractivity contribution is 0.0637. The number of piperazine rings is 1. The van der Waals surface area contributed by atoms with E-state index in [-0.39, 0.29) is 10.8 Å². The van der Waals surface area contributed by atoms with Gasteiger partial charge in [0.15, 0.2) is 0 Å². The maximum Gasteiger partial charge on any atom is 0.253 e. The van der Waals surface area contributed by atoms with Crippen molar-refractivity contribution >= 4 is 15.9 Å². The molecule has 2 fully saturated rings. The third-order valence-electron chi connectivity index (χ3n) is 5.57.